The van der Waals surface area contributed by atoms with Crippen LogP contribution in [0, 0.1) is 0 Å². The third-order valence-electron chi connectivity index (χ3n) is 3.79. The van der Waals surface area contributed by atoms with Crippen LogP contribution in [0.3, 0.4) is 0 Å². The summed E-state index contributed by atoms with van der Waals surface area (Å²) < 4.78 is 0.637. The SMILES string of the molecule is CCC(=O)CCCCCCCCCN1C(=O)C(Br)=C(Br)C1=O. The number of Topliss-reactive ketones (excluding diaryl/α,β-unsaturated/α-hetero) is 1. The number of rotatable bonds is 11. The van der Waals surface area contributed by atoms with Crippen molar-refractivity contribution < 1.29 is 14.4 Å². The van der Waals surface area contributed by atoms with Gasteiger partial charge in [0.1, 0.15) is 14.7 Å². The summed E-state index contributed by atoms with van der Waals surface area (Å²) >= 11 is 6.24. The van der Waals surface area contributed by atoms with Gasteiger partial charge in [0.2, 0.25) is 0 Å². The van der Waals surface area contributed by atoms with Crippen LogP contribution in [0.4, 0.5) is 0 Å². The fourth-order valence-corrected chi connectivity index (χ4v) is 3.14. The molecule has 0 aromatic carbocycles. The minimum Gasteiger partial charge on any atom is -0.300 e. The zero-order valence-corrected chi connectivity index (χ0v) is 16.2. The van der Waals surface area contributed by atoms with E-state index in [2.05, 4.69) is 31.9 Å². The number of imide groups is 1. The summed E-state index contributed by atoms with van der Waals surface area (Å²) in [6.45, 7) is 2.39. The van der Waals surface area contributed by atoms with E-state index in [0.29, 0.717) is 34.1 Å². The number of nitrogens with zero attached hydrogens (tertiary/aromatic N) is 1. The maximum Gasteiger partial charge on any atom is 0.269 e. The van der Waals surface area contributed by atoms with Crippen LogP contribution >= 0.6 is 31.9 Å². The van der Waals surface area contributed by atoms with Crippen molar-refractivity contribution in [3.05, 3.63) is 8.96 Å². The second-order valence-corrected chi connectivity index (χ2v) is 7.09. The molecule has 1 aliphatic rings. The van der Waals surface area contributed by atoms with Gasteiger partial charge >= 0.3 is 0 Å². The van der Waals surface area contributed by atoms with Crippen LogP contribution in [0.25, 0.3) is 0 Å². The van der Waals surface area contributed by atoms with Crippen LogP contribution in [-0.2, 0) is 14.4 Å². The molecule has 0 N–H and O–H groups in total. The van der Waals surface area contributed by atoms with Crippen molar-refractivity contribution >= 4 is 49.5 Å². The highest BCUT2D eigenvalue weighted by atomic mass is 79.9. The molecule has 4 nitrogen and oxygen atoms in total. The number of amides is 2. The molecule has 124 valence electrons. The van der Waals surface area contributed by atoms with Gasteiger partial charge in [0.15, 0.2) is 0 Å². The van der Waals surface area contributed by atoms with Gasteiger partial charge in [-0.15, -0.1) is 0 Å². The third kappa shape index (κ3) is 5.95. The Morgan fingerprint density at radius 3 is 1.82 bits per heavy atom. The van der Waals surface area contributed by atoms with E-state index in [4.69, 9.17) is 0 Å². The van der Waals surface area contributed by atoms with Gasteiger partial charge in [-0.3, -0.25) is 19.3 Å². The summed E-state index contributed by atoms with van der Waals surface area (Å²) in [7, 11) is 0. The Labute approximate surface area is 148 Å². The molecule has 0 radical (unpaired) electrons. The van der Waals surface area contributed by atoms with Crippen LogP contribution in [0.2, 0.25) is 0 Å². The van der Waals surface area contributed by atoms with Crippen LogP contribution in [0.5, 0.6) is 0 Å². The molecule has 0 fully saturated rings. The number of hydrogen-bond donors (Lipinski definition) is 0. The highest BCUT2D eigenvalue weighted by molar-refractivity contribution is 9.14. The topological polar surface area (TPSA) is 54.5 Å². The zero-order valence-electron chi connectivity index (χ0n) is 13.0. The molecule has 0 aromatic heterocycles. The van der Waals surface area contributed by atoms with Gasteiger partial charge in [-0.1, -0.05) is 39.0 Å². The van der Waals surface area contributed by atoms with Gasteiger partial charge in [-0.25, -0.2) is 0 Å². The van der Waals surface area contributed by atoms with Gasteiger partial charge < -0.3 is 0 Å². The summed E-state index contributed by atoms with van der Waals surface area (Å²) in [5.41, 5.74) is 0. The first kappa shape index (κ1) is 19.6. The first-order chi connectivity index (χ1) is 10.5. The van der Waals surface area contributed by atoms with Gasteiger partial charge in [-0.2, -0.15) is 0 Å². The Hall–Kier alpha value is -0.490. The van der Waals surface area contributed by atoms with E-state index in [-0.39, 0.29) is 11.8 Å². The van der Waals surface area contributed by atoms with E-state index >= 15 is 0 Å². The molecule has 0 aliphatic carbocycles. The molecular formula is C16H23Br2NO3. The summed E-state index contributed by atoms with van der Waals surface area (Å²) in [4.78, 5) is 36.0. The molecule has 2 amide bonds. The normalized spacial score (nSPS) is 15.1. The van der Waals surface area contributed by atoms with Crippen molar-refractivity contribution in [2.75, 3.05) is 6.54 Å². The van der Waals surface area contributed by atoms with Crippen molar-refractivity contribution in [2.24, 2.45) is 0 Å². The lowest BCUT2D eigenvalue weighted by molar-refractivity contribution is -0.137. The molecule has 0 saturated heterocycles. The summed E-state index contributed by atoms with van der Waals surface area (Å²) in [6, 6.07) is 0. The van der Waals surface area contributed by atoms with Crippen molar-refractivity contribution in [2.45, 2.75) is 64.7 Å². The lowest BCUT2D eigenvalue weighted by Gasteiger charge is -2.13. The van der Waals surface area contributed by atoms with Crippen LogP contribution in [0.1, 0.15) is 64.7 Å². The van der Waals surface area contributed by atoms with Crippen molar-refractivity contribution in [1.82, 2.24) is 4.90 Å². The molecule has 6 heteroatoms. The van der Waals surface area contributed by atoms with E-state index in [1.54, 1.807) is 0 Å². The Morgan fingerprint density at radius 1 is 0.864 bits per heavy atom. The number of halogens is 2. The van der Waals surface area contributed by atoms with E-state index in [0.717, 1.165) is 44.9 Å². The highest BCUT2D eigenvalue weighted by Gasteiger charge is 2.35. The monoisotopic (exact) mass is 435 g/mol. The number of hydrogen-bond acceptors (Lipinski definition) is 3. The van der Waals surface area contributed by atoms with Crippen molar-refractivity contribution in [3.8, 4) is 0 Å². The largest absolute Gasteiger partial charge is 0.300 e. The average Bonchev–Trinajstić information content (AvgIpc) is 2.70. The first-order valence-electron chi connectivity index (χ1n) is 7.92. The molecule has 0 bridgehead atoms. The summed E-state index contributed by atoms with van der Waals surface area (Å²) in [5.74, 6) is -0.152. The highest BCUT2D eigenvalue weighted by Crippen LogP contribution is 2.29. The fourth-order valence-electron chi connectivity index (χ4n) is 2.37. The quantitative estimate of drug-likeness (QED) is 0.355. The fraction of sp³-hybridized carbons (Fsp3) is 0.688. The molecule has 0 saturated carbocycles. The van der Waals surface area contributed by atoms with Gasteiger partial charge in [0.25, 0.3) is 11.8 Å². The molecule has 1 heterocycles. The molecule has 0 aromatic rings. The van der Waals surface area contributed by atoms with Gasteiger partial charge in [0.05, 0.1) is 0 Å². The maximum atomic E-state index is 11.8. The van der Waals surface area contributed by atoms with E-state index < -0.39 is 0 Å². The molecule has 1 rings (SSSR count). The number of ketones is 1. The summed E-state index contributed by atoms with van der Waals surface area (Å²) in [5, 5.41) is 0. The Bertz CT molecular complexity index is 436. The van der Waals surface area contributed by atoms with Crippen LogP contribution in [0.15, 0.2) is 8.96 Å². The molecule has 1 aliphatic heterocycles. The third-order valence-corrected chi connectivity index (χ3v) is 5.79. The van der Waals surface area contributed by atoms with E-state index in [1.807, 2.05) is 6.92 Å². The predicted molar refractivity (Wildman–Crippen MR) is 93.8 cm³/mol. The second kappa shape index (κ2) is 10.3. The van der Waals surface area contributed by atoms with E-state index in [9.17, 15) is 14.4 Å². The minimum absolute atomic E-state index is 0.252. The minimum atomic E-state index is -0.252. The standard InChI is InChI=1S/C16H23Br2NO3/c1-2-12(20)10-8-6-4-3-5-7-9-11-19-15(21)13(17)14(18)16(19)22/h2-11H2,1H3. The smallest absolute Gasteiger partial charge is 0.269 e. The average molecular weight is 437 g/mol. The van der Waals surface area contributed by atoms with Crippen LogP contribution < -0.4 is 0 Å². The molecule has 0 atom stereocenters. The lowest BCUT2D eigenvalue weighted by atomic mass is 10.1. The van der Waals surface area contributed by atoms with Crippen molar-refractivity contribution in [3.63, 3.8) is 0 Å². The maximum absolute atomic E-state index is 11.8. The Morgan fingerprint density at radius 2 is 1.32 bits per heavy atom. The summed E-state index contributed by atoms with van der Waals surface area (Å²) in [6.07, 6.45) is 8.72. The predicted octanol–water partition coefficient (Wildman–Crippen LogP) is 4.46. The van der Waals surface area contributed by atoms with E-state index in [1.165, 1.54) is 4.90 Å². The Kier molecular flexibility index (Phi) is 9.17. The van der Waals surface area contributed by atoms with Gasteiger partial charge in [-0.05, 0) is 44.7 Å². The lowest BCUT2D eigenvalue weighted by Crippen LogP contribution is -2.32. The number of unbranched alkanes of at least 4 members (excludes halogenated alkanes) is 6. The van der Waals surface area contributed by atoms with Gasteiger partial charge in [0, 0.05) is 19.4 Å². The second-order valence-electron chi connectivity index (χ2n) is 5.51. The zero-order chi connectivity index (χ0) is 16.5. The molecule has 22 heavy (non-hydrogen) atoms. The number of carbonyl (C=O) groups is 3. The molecular weight excluding hydrogens is 414 g/mol. The molecule has 0 spiro atoms. The van der Waals surface area contributed by atoms with Crippen molar-refractivity contribution in [1.29, 1.82) is 0 Å². The molecule has 0 unspecified atom stereocenters. The first-order valence-corrected chi connectivity index (χ1v) is 9.50. The Balaban J connectivity index is 2.02. The number of carbonyl (C=O) groups excluding carboxylic acids is 3. The van der Waals surface area contributed by atoms with Crippen LogP contribution in [-0.4, -0.2) is 29.0 Å².